The molecule has 0 saturated carbocycles. The van der Waals surface area contributed by atoms with Crippen LogP contribution >= 0.6 is 0 Å². The van der Waals surface area contributed by atoms with Gasteiger partial charge in [-0.2, -0.15) is 0 Å². The van der Waals surface area contributed by atoms with Crippen LogP contribution in [0.25, 0.3) is 0 Å². The summed E-state index contributed by atoms with van der Waals surface area (Å²) in [6.45, 7) is 2.50. The summed E-state index contributed by atoms with van der Waals surface area (Å²) >= 11 is 0. The Morgan fingerprint density at radius 2 is 1.95 bits per heavy atom. The first-order chi connectivity index (χ1) is 20.5. The minimum atomic E-state index is -0.625. The summed E-state index contributed by atoms with van der Waals surface area (Å²) < 4.78 is 8.05. The third-order valence-corrected chi connectivity index (χ3v) is 8.35. The SMILES string of the molecule is NCCCCc1cn(CCCC(=O)NCCCCOC2CCC3c4c(cccc42)C(=O)N3C2CCC(=O)NC2=O)nn1. The fraction of sp³-hybridized carbons (Fsp3) is 0.600. The molecular formula is C30H41N7O5. The average molecular weight is 580 g/mol. The zero-order valence-corrected chi connectivity index (χ0v) is 24.1. The predicted octanol–water partition coefficient (Wildman–Crippen LogP) is 2.09. The smallest absolute Gasteiger partial charge is 0.255 e. The molecule has 1 aliphatic carbocycles. The number of nitrogens with two attached hydrogens (primary N) is 1. The quantitative estimate of drug-likeness (QED) is 0.213. The minimum absolute atomic E-state index is 0.0302. The van der Waals surface area contributed by atoms with Crippen LogP contribution in [0.1, 0.15) is 104 Å². The highest BCUT2D eigenvalue weighted by atomic mass is 16.5. The molecule has 12 nitrogen and oxygen atoms in total. The molecule has 4 amide bonds. The highest BCUT2D eigenvalue weighted by Gasteiger charge is 2.48. The van der Waals surface area contributed by atoms with E-state index in [9.17, 15) is 19.2 Å². The fourth-order valence-electron chi connectivity index (χ4n) is 6.25. The molecule has 3 aliphatic rings. The molecule has 3 heterocycles. The van der Waals surface area contributed by atoms with Crippen LogP contribution in [0.15, 0.2) is 24.4 Å². The van der Waals surface area contributed by atoms with E-state index in [1.54, 1.807) is 9.58 Å². The van der Waals surface area contributed by atoms with Crippen molar-refractivity contribution in [1.29, 1.82) is 0 Å². The number of aryl methyl sites for hydroxylation is 2. The number of piperidine rings is 1. The zero-order valence-electron chi connectivity index (χ0n) is 24.1. The van der Waals surface area contributed by atoms with Gasteiger partial charge in [0.2, 0.25) is 17.7 Å². The van der Waals surface area contributed by atoms with Crippen molar-refractivity contribution in [3.63, 3.8) is 0 Å². The monoisotopic (exact) mass is 579 g/mol. The van der Waals surface area contributed by atoms with E-state index in [1.165, 1.54) is 0 Å². The third-order valence-electron chi connectivity index (χ3n) is 8.35. The van der Waals surface area contributed by atoms with Gasteiger partial charge in [0.25, 0.3) is 5.91 Å². The van der Waals surface area contributed by atoms with Crippen molar-refractivity contribution in [3.8, 4) is 0 Å². The number of hydrogen-bond acceptors (Lipinski definition) is 8. The number of imide groups is 1. The largest absolute Gasteiger partial charge is 0.374 e. The first-order valence-corrected chi connectivity index (χ1v) is 15.2. The van der Waals surface area contributed by atoms with E-state index >= 15 is 0 Å². The van der Waals surface area contributed by atoms with Crippen molar-refractivity contribution in [2.75, 3.05) is 19.7 Å². The van der Waals surface area contributed by atoms with Crippen LogP contribution in [0.5, 0.6) is 0 Å². The van der Waals surface area contributed by atoms with Crippen LogP contribution in [0.4, 0.5) is 0 Å². The van der Waals surface area contributed by atoms with Gasteiger partial charge in [-0.15, -0.1) is 5.10 Å². The van der Waals surface area contributed by atoms with Gasteiger partial charge in [-0.05, 0) is 81.5 Å². The van der Waals surface area contributed by atoms with E-state index in [-0.39, 0.29) is 36.3 Å². The summed E-state index contributed by atoms with van der Waals surface area (Å²) in [6, 6.07) is 4.91. The van der Waals surface area contributed by atoms with Gasteiger partial charge in [-0.3, -0.25) is 29.2 Å². The molecule has 3 unspecified atom stereocenters. The lowest BCUT2D eigenvalue weighted by Crippen LogP contribution is -2.53. The number of nitrogens with one attached hydrogen (secondary N) is 2. The molecule has 1 aromatic carbocycles. The Balaban J connectivity index is 1.01. The van der Waals surface area contributed by atoms with Crippen molar-refractivity contribution in [3.05, 3.63) is 46.8 Å². The normalized spacial score (nSPS) is 21.4. The molecule has 2 aromatic rings. The first-order valence-electron chi connectivity index (χ1n) is 15.2. The van der Waals surface area contributed by atoms with Crippen molar-refractivity contribution in [2.45, 2.75) is 95.4 Å². The van der Waals surface area contributed by atoms with Crippen molar-refractivity contribution < 1.29 is 23.9 Å². The fourth-order valence-corrected chi connectivity index (χ4v) is 6.25. The molecule has 226 valence electrons. The van der Waals surface area contributed by atoms with Crippen molar-refractivity contribution >= 4 is 23.6 Å². The summed E-state index contributed by atoms with van der Waals surface area (Å²) in [5.74, 6) is -0.794. The molecule has 5 rings (SSSR count). The molecule has 2 aliphatic heterocycles. The summed E-state index contributed by atoms with van der Waals surface area (Å²) in [5, 5.41) is 13.7. The number of carbonyl (C=O) groups excluding carboxylic acids is 4. The minimum Gasteiger partial charge on any atom is -0.374 e. The molecule has 1 saturated heterocycles. The molecule has 12 heteroatoms. The highest BCUT2D eigenvalue weighted by Crippen LogP contribution is 2.48. The molecule has 1 fully saturated rings. The van der Waals surface area contributed by atoms with Crippen molar-refractivity contribution in [2.24, 2.45) is 5.73 Å². The van der Waals surface area contributed by atoms with Crippen LogP contribution in [0.2, 0.25) is 0 Å². The second-order valence-electron chi connectivity index (χ2n) is 11.3. The number of unbranched alkanes of at least 4 members (excludes halogenated alkanes) is 2. The van der Waals surface area contributed by atoms with Gasteiger partial charge in [0, 0.05) is 44.3 Å². The molecule has 4 N–H and O–H groups in total. The van der Waals surface area contributed by atoms with E-state index in [4.69, 9.17) is 10.5 Å². The Labute approximate surface area is 245 Å². The zero-order chi connectivity index (χ0) is 29.5. The number of hydrogen-bond donors (Lipinski definition) is 3. The predicted molar refractivity (Wildman–Crippen MR) is 153 cm³/mol. The van der Waals surface area contributed by atoms with E-state index in [0.717, 1.165) is 55.3 Å². The lowest BCUT2D eigenvalue weighted by molar-refractivity contribution is -0.137. The number of rotatable bonds is 15. The summed E-state index contributed by atoms with van der Waals surface area (Å²) in [4.78, 5) is 51.4. The highest BCUT2D eigenvalue weighted by molar-refractivity contribution is 6.06. The molecular weight excluding hydrogens is 538 g/mol. The Kier molecular flexibility index (Phi) is 9.96. The molecule has 42 heavy (non-hydrogen) atoms. The molecule has 0 spiro atoms. The van der Waals surface area contributed by atoms with Gasteiger partial charge < -0.3 is 20.7 Å². The number of amides is 4. The Hall–Kier alpha value is -3.64. The molecule has 1 aromatic heterocycles. The van der Waals surface area contributed by atoms with Crippen LogP contribution in [-0.2, 0) is 32.1 Å². The Morgan fingerprint density at radius 1 is 1.07 bits per heavy atom. The molecule has 0 radical (unpaired) electrons. The van der Waals surface area contributed by atoms with E-state index in [1.807, 2.05) is 24.4 Å². The average Bonchev–Trinajstić information content (AvgIpc) is 3.55. The maximum absolute atomic E-state index is 13.3. The number of nitrogens with zero attached hydrogens (tertiary/aromatic N) is 4. The van der Waals surface area contributed by atoms with Crippen molar-refractivity contribution in [1.82, 2.24) is 30.5 Å². The molecule has 3 atom stereocenters. The lowest BCUT2D eigenvalue weighted by Gasteiger charge is -2.37. The van der Waals surface area contributed by atoms with Gasteiger partial charge >= 0.3 is 0 Å². The first kappa shape index (κ1) is 29.8. The summed E-state index contributed by atoms with van der Waals surface area (Å²) in [7, 11) is 0. The van der Waals surface area contributed by atoms with Crippen LogP contribution in [0.3, 0.4) is 0 Å². The number of ether oxygens (including phenoxy) is 1. The maximum atomic E-state index is 13.3. The van der Waals surface area contributed by atoms with Gasteiger partial charge in [0.15, 0.2) is 0 Å². The van der Waals surface area contributed by atoms with E-state index < -0.39 is 11.9 Å². The van der Waals surface area contributed by atoms with Crippen LogP contribution in [0, 0.1) is 0 Å². The topological polar surface area (TPSA) is 162 Å². The number of aromatic nitrogens is 3. The molecule has 0 bridgehead atoms. The van der Waals surface area contributed by atoms with Crippen LogP contribution < -0.4 is 16.4 Å². The van der Waals surface area contributed by atoms with Gasteiger partial charge in [0.1, 0.15) is 6.04 Å². The van der Waals surface area contributed by atoms with Crippen LogP contribution in [-0.4, -0.2) is 69.3 Å². The second kappa shape index (κ2) is 14.0. The second-order valence-corrected chi connectivity index (χ2v) is 11.3. The standard InChI is InChI=1S/C30H41N7O5/c31-15-2-1-7-20-19-36(35-34-20)17-6-10-26(38)32-16-3-4-18-42-25-13-11-23-28-21(25)8-5-9-22(28)30(41)37(23)24-12-14-27(39)33-29(24)40/h5,8-9,19,23-25H,1-4,6-7,10-18,31H2,(H,32,38)(H,33,39,40). The van der Waals surface area contributed by atoms with E-state index in [0.29, 0.717) is 57.5 Å². The maximum Gasteiger partial charge on any atom is 0.255 e. The van der Waals surface area contributed by atoms with Gasteiger partial charge in [-0.1, -0.05) is 17.3 Å². The summed E-state index contributed by atoms with van der Waals surface area (Å²) in [6.07, 6.45) is 9.49. The number of benzene rings is 1. The third kappa shape index (κ3) is 6.87. The Morgan fingerprint density at radius 3 is 2.79 bits per heavy atom. The van der Waals surface area contributed by atoms with Gasteiger partial charge in [0.05, 0.1) is 17.8 Å². The number of carbonyl (C=O) groups is 4. The van der Waals surface area contributed by atoms with Gasteiger partial charge in [-0.25, -0.2) is 0 Å². The van der Waals surface area contributed by atoms with E-state index in [2.05, 4.69) is 20.9 Å². The lowest BCUT2D eigenvalue weighted by atomic mass is 9.84. The Bertz CT molecular complexity index is 1290. The summed E-state index contributed by atoms with van der Waals surface area (Å²) in [5.41, 5.74) is 9.09.